The number of amides is 1. The molecule has 1 atom stereocenters. The van der Waals surface area contributed by atoms with Gasteiger partial charge < -0.3 is 10.2 Å². The number of fused-ring (bicyclic) bond motifs is 3. The third kappa shape index (κ3) is 8.49. The number of pyridine rings is 1. The van der Waals surface area contributed by atoms with E-state index in [2.05, 4.69) is 61.2 Å². The molecule has 3 heterocycles. The van der Waals surface area contributed by atoms with E-state index in [0.717, 1.165) is 66.9 Å². The SMILES string of the molecule is O=C(NS(=O)(=O)c1ccc(NCCSc2ccccn2)c([N+](=O)[O-])c1)c1ccc2c(c1)CC[C@H]1CN(Cc3ccccc3-c3ccc(Cl)cc3)CCN21. The van der Waals surface area contributed by atoms with E-state index in [1.807, 2.05) is 36.4 Å². The van der Waals surface area contributed by atoms with Gasteiger partial charge in [0.1, 0.15) is 5.69 Å². The summed E-state index contributed by atoms with van der Waals surface area (Å²) < 4.78 is 28.6. The number of sulfonamides is 1. The second-order valence-corrected chi connectivity index (χ2v) is 16.2. The van der Waals surface area contributed by atoms with Crippen LogP contribution in [0.25, 0.3) is 11.1 Å². The molecule has 272 valence electrons. The fraction of sp³-hybridized carbons (Fsp3) is 0.231. The fourth-order valence-electron chi connectivity index (χ4n) is 6.96. The Balaban J connectivity index is 0.978. The van der Waals surface area contributed by atoms with Crippen molar-refractivity contribution in [3.05, 3.63) is 141 Å². The molecule has 0 unspecified atom stereocenters. The van der Waals surface area contributed by atoms with Gasteiger partial charge in [-0.1, -0.05) is 54.1 Å². The van der Waals surface area contributed by atoms with E-state index >= 15 is 0 Å². The fourth-order valence-corrected chi connectivity index (χ4v) is 8.80. The molecule has 11 nitrogen and oxygen atoms in total. The Kier molecular flexibility index (Phi) is 11.0. The van der Waals surface area contributed by atoms with Crippen LogP contribution < -0.4 is 14.9 Å². The van der Waals surface area contributed by atoms with E-state index in [1.165, 1.54) is 35.0 Å². The second kappa shape index (κ2) is 16.0. The highest BCUT2D eigenvalue weighted by molar-refractivity contribution is 7.99. The summed E-state index contributed by atoms with van der Waals surface area (Å²) in [6.45, 7) is 3.82. The number of halogens is 1. The average molecular weight is 769 g/mol. The van der Waals surface area contributed by atoms with Crippen LogP contribution in [0.1, 0.15) is 27.9 Å². The number of nitro groups is 1. The van der Waals surface area contributed by atoms with Gasteiger partial charge in [-0.05, 0) is 89.7 Å². The van der Waals surface area contributed by atoms with Crippen LogP contribution in [0.15, 0.2) is 119 Å². The number of piperazine rings is 1. The van der Waals surface area contributed by atoms with Gasteiger partial charge in [-0.3, -0.25) is 19.8 Å². The van der Waals surface area contributed by atoms with Gasteiger partial charge in [0.05, 0.1) is 14.8 Å². The molecule has 2 aliphatic heterocycles. The summed E-state index contributed by atoms with van der Waals surface area (Å²) in [4.78, 5) is 33.2. The van der Waals surface area contributed by atoms with E-state index in [0.29, 0.717) is 23.4 Å². The van der Waals surface area contributed by atoms with Crippen molar-refractivity contribution in [3.8, 4) is 11.1 Å². The molecule has 0 bridgehead atoms. The van der Waals surface area contributed by atoms with Crippen LogP contribution in [0.4, 0.5) is 17.1 Å². The summed E-state index contributed by atoms with van der Waals surface area (Å²) in [7, 11) is -4.40. The van der Waals surface area contributed by atoms with Crippen molar-refractivity contribution in [1.29, 1.82) is 0 Å². The molecule has 0 radical (unpaired) electrons. The zero-order valence-electron chi connectivity index (χ0n) is 28.7. The lowest BCUT2D eigenvalue weighted by atomic mass is 9.92. The Labute approximate surface area is 317 Å². The maximum atomic E-state index is 13.3. The average Bonchev–Trinajstić information content (AvgIpc) is 3.17. The summed E-state index contributed by atoms with van der Waals surface area (Å²) in [6, 6.07) is 31.1. The molecule has 1 aromatic heterocycles. The number of aryl methyl sites for hydroxylation is 1. The molecule has 4 aromatic carbocycles. The number of aromatic nitrogens is 1. The molecular formula is C39H37ClN6O5S2. The predicted octanol–water partition coefficient (Wildman–Crippen LogP) is 7.27. The number of hydrogen-bond donors (Lipinski definition) is 2. The van der Waals surface area contributed by atoms with Crippen LogP contribution in [0, 0.1) is 10.1 Å². The zero-order valence-corrected chi connectivity index (χ0v) is 31.0. The molecule has 14 heteroatoms. The lowest BCUT2D eigenvalue weighted by Gasteiger charge is -2.46. The van der Waals surface area contributed by atoms with Crippen molar-refractivity contribution < 1.29 is 18.1 Å². The topological polar surface area (TPSA) is 138 Å². The van der Waals surface area contributed by atoms with E-state index in [9.17, 15) is 23.3 Å². The van der Waals surface area contributed by atoms with Crippen LogP contribution in [-0.2, 0) is 23.0 Å². The Morgan fingerprint density at radius 1 is 0.981 bits per heavy atom. The minimum absolute atomic E-state index is 0.179. The first-order valence-electron chi connectivity index (χ1n) is 17.2. The van der Waals surface area contributed by atoms with Gasteiger partial charge in [0.15, 0.2) is 0 Å². The van der Waals surface area contributed by atoms with Crippen molar-refractivity contribution in [1.82, 2.24) is 14.6 Å². The quantitative estimate of drug-likeness (QED) is 0.0577. The van der Waals surface area contributed by atoms with Gasteiger partial charge in [0.25, 0.3) is 21.6 Å². The first-order chi connectivity index (χ1) is 25.6. The highest BCUT2D eigenvalue weighted by Gasteiger charge is 2.33. The lowest BCUT2D eigenvalue weighted by molar-refractivity contribution is -0.384. The minimum Gasteiger partial charge on any atom is -0.379 e. The Morgan fingerprint density at radius 2 is 1.79 bits per heavy atom. The number of anilines is 2. The number of carbonyl (C=O) groups excluding carboxylic acids is 1. The van der Waals surface area contributed by atoms with E-state index in [4.69, 9.17) is 11.6 Å². The molecule has 1 fully saturated rings. The van der Waals surface area contributed by atoms with Crippen molar-refractivity contribution >= 4 is 56.4 Å². The third-order valence-corrected chi connectivity index (χ3v) is 12.1. The third-order valence-electron chi connectivity index (χ3n) is 9.54. The number of benzene rings is 4. The van der Waals surface area contributed by atoms with Crippen LogP contribution in [0.3, 0.4) is 0 Å². The van der Waals surface area contributed by atoms with Gasteiger partial charge in [-0.15, -0.1) is 11.8 Å². The number of nitrogens with zero attached hydrogens (tertiary/aromatic N) is 4. The van der Waals surface area contributed by atoms with Crippen LogP contribution in [0.5, 0.6) is 0 Å². The van der Waals surface area contributed by atoms with Crippen LogP contribution in [0.2, 0.25) is 5.02 Å². The molecule has 0 saturated carbocycles. The molecule has 5 aromatic rings. The maximum absolute atomic E-state index is 13.3. The first kappa shape index (κ1) is 36.4. The maximum Gasteiger partial charge on any atom is 0.293 e. The summed E-state index contributed by atoms with van der Waals surface area (Å²) in [5.74, 6) is -0.210. The molecule has 2 N–H and O–H groups in total. The van der Waals surface area contributed by atoms with Gasteiger partial charge in [0.2, 0.25) is 0 Å². The second-order valence-electron chi connectivity index (χ2n) is 12.9. The summed E-state index contributed by atoms with van der Waals surface area (Å²) >= 11 is 7.62. The summed E-state index contributed by atoms with van der Waals surface area (Å²) in [5.41, 5.74) is 5.62. The van der Waals surface area contributed by atoms with Crippen molar-refractivity contribution in [2.24, 2.45) is 0 Å². The summed E-state index contributed by atoms with van der Waals surface area (Å²) in [6.07, 6.45) is 3.34. The Hall–Kier alpha value is -4.95. The monoisotopic (exact) mass is 768 g/mol. The molecular weight excluding hydrogens is 732 g/mol. The number of nitrogens with one attached hydrogen (secondary N) is 2. The molecule has 53 heavy (non-hydrogen) atoms. The largest absolute Gasteiger partial charge is 0.379 e. The zero-order chi connectivity index (χ0) is 37.0. The summed E-state index contributed by atoms with van der Waals surface area (Å²) in [5, 5.41) is 16.4. The number of nitro benzene ring substituents is 1. The lowest BCUT2D eigenvalue weighted by Crippen LogP contribution is -2.54. The normalized spacial score (nSPS) is 15.6. The van der Waals surface area contributed by atoms with Gasteiger partial charge >= 0.3 is 0 Å². The molecule has 7 rings (SSSR count). The Bertz CT molecular complexity index is 2240. The van der Waals surface area contributed by atoms with Gasteiger partial charge in [-0.25, -0.2) is 18.1 Å². The number of rotatable bonds is 12. The minimum atomic E-state index is -4.40. The number of thioether (sulfide) groups is 1. The van der Waals surface area contributed by atoms with Crippen LogP contribution >= 0.6 is 23.4 Å². The van der Waals surface area contributed by atoms with E-state index < -0.39 is 26.5 Å². The number of carbonyl (C=O) groups is 1. The smallest absolute Gasteiger partial charge is 0.293 e. The standard InChI is InChI=1S/C39H37ClN6O5S2/c40-31-12-8-27(9-13-31)34-6-2-1-5-30(34)25-44-20-21-45-32(26-44)14-10-28-23-29(11-17-36(28)45)39(47)43-53(50,51)33-15-16-35(37(24-33)46(48)49)41-19-22-52-38-7-3-4-18-42-38/h1-9,11-13,15-18,23-24,32,41H,10,14,19-22,25-26H2,(H,43,47)/t32-/m0/s1. The van der Waals surface area contributed by atoms with Crippen LogP contribution in [-0.4, -0.2) is 67.1 Å². The van der Waals surface area contributed by atoms with Crippen molar-refractivity contribution in [3.63, 3.8) is 0 Å². The van der Waals surface area contributed by atoms with Gasteiger partial charge in [-0.2, -0.15) is 0 Å². The molecule has 1 saturated heterocycles. The van der Waals surface area contributed by atoms with Crippen molar-refractivity contribution in [2.75, 3.05) is 42.1 Å². The number of hydrogen-bond acceptors (Lipinski definition) is 10. The molecule has 0 aliphatic carbocycles. The Morgan fingerprint density at radius 3 is 2.58 bits per heavy atom. The predicted molar refractivity (Wildman–Crippen MR) is 209 cm³/mol. The van der Waals surface area contributed by atoms with E-state index in [-0.39, 0.29) is 16.1 Å². The van der Waals surface area contributed by atoms with E-state index in [1.54, 1.807) is 18.3 Å². The van der Waals surface area contributed by atoms with Gasteiger partial charge in [0, 0.05) is 73.1 Å². The highest BCUT2D eigenvalue weighted by Crippen LogP contribution is 2.35. The molecule has 1 amide bonds. The first-order valence-corrected chi connectivity index (χ1v) is 20.1. The molecule has 0 spiro atoms. The van der Waals surface area contributed by atoms with Crippen molar-refractivity contribution in [2.45, 2.75) is 35.3 Å². The highest BCUT2D eigenvalue weighted by atomic mass is 35.5. The molecule has 2 aliphatic rings.